The molecule has 29 heavy (non-hydrogen) atoms. The van der Waals surface area contributed by atoms with Crippen LogP contribution in [0.5, 0.6) is 0 Å². The average molecular weight is 417 g/mol. The zero-order valence-electron chi connectivity index (χ0n) is 16.8. The van der Waals surface area contributed by atoms with Crippen LogP contribution in [0, 0.1) is 5.92 Å². The van der Waals surface area contributed by atoms with Crippen molar-refractivity contribution in [2.24, 2.45) is 17.4 Å². The van der Waals surface area contributed by atoms with Crippen molar-refractivity contribution in [2.45, 2.75) is 64.3 Å². The minimum absolute atomic E-state index is 0.185. The Bertz CT molecular complexity index is 609. The van der Waals surface area contributed by atoms with E-state index in [9.17, 15) is 29.1 Å². The topological polar surface area (TPSA) is 214 Å². The number of carboxylic acids is 1. The number of amides is 4. The van der Waals surface area contributed by atoms with E-state index in [4.69, 9.17) is 16.6 Å². The lowest BCUT2D eigenvalue weighted by molar-refractivity contribution is -0.143. The van der Waals surface area contributed by atoms with Crippen LogP contribution in [0.2, 0.25) is 0 Å². The molecule has 12 heteroatoms. The first-order valence-corrected chi connectivity index (χ1v) is 9.17. The van der Waals surface area contributed by atoms with Crippen molar-refractivity contribution in [3.8, 4) is 0 Å². The molecule has 0 aromatic rings. The summed E-state index contributed by atoms with van der Waals surface area (Å²) in [5.41, 5.74) is 10.7. The molecule has 9 N–H and O–H groups in total. The summed E-state index contributed by atoms with van der Waals surface area (Å²) in [5, 5.41) is 25.6. The second-order valence-electron chi connectivity index (χ2n) is 7.14. The van der Waals surface area contributed by atoms with E-state index < -0.39 is 60.4 Å². The molecule has 0 heterocycles. The Morgan fingerprint density at radius 3 is 2.03 bits per heavy atom. The lowest BCUT2D eigenvalue weighted by Crippen LogP contribution is -2.57. The van der Waals surface area contributed by atoms with Crippen LogP contribution in [0.15, 0.2) is 0 Å². The van der Waals surface area contributed by atoms with Crippen LogP contribution in [-0.2, 0) is 24.0 Å². The first kappa shape index (κ1) is 26.3. The number of hydrogen-bond donors (Lipinski definition) is 7. The predicted molar refractivity (Wildman–Crippen MR) is 102 cm³/mol. The second kappa shape index (κ2) is 12.7. The third-order valence-corrected chi connectivity index (χ3v) is 3.86. The Hall–Kier alpha value is -2.73. The van der Waals surface area contributed by atoms with Crippen molar-refractivity contribution in [2.75, 3.05) is 6.54 Å². The average Bonchev–Trinajstić information content (AvgIpc) is 2.59. The first-order valence-electron chi connectivity index (χ1n) is 9.17. The van der Waals surface area contributed by atoms with Gasteiger partial charge in [-0.1, -0.05) is 13.8 Å². The number of primary amides is 1. The molecule has 0 aromatic heterocycles. The molecule has 0 radical (unpaired) electrons. The highest BCUT2D eigenvalue weighted by atomic mass is 16.4. The van der Waals surface area contributed by atoms with Gasteiger partial charge in [-0.05, 0) is 25.7 Å². The Balaban J connectivity index is 4.81. The predicted octanol–water partition coefficient (Wildman–Crippen LogP) is -2.82. The molecule has 0 aliphatic heterocycles. The van der Waals surface area contributed by atoms with E-state index in [2.05, 4.69) is 16.0 Å². The van der Waals surface area contributed by atoms with Gasteiger partial charge >= 0.3 is 5.97 Å². The van der Waals surface area contributed by atoms with E-state index >= 15 is 0 Å². The normalized spacial score (nSPS) is 15.0. The zero-order valence-corrected chi connectivity index (χ0v) is 16.8. The zero-order chi connectivity index (χ0) is 22.7. The molecule has 0 aromatic carbocycles. The number of carboxylic acid groups (broad SMARTS) is 1. The van der Waals surface area contributed by atoms with E-state index in [1.807, 2.05) is 13.8 Å². The number of aliphatic hydroxyl groups is 1. The summed E-state index contributed by atoms with van der Waals surface area (Å²) < 4.78 is 0. The standard InChI is InChI=1S/C17H31N5O7/c1-8(2)6-10(18)15(26)20-7-13(25)22-14(9(3)23)16(27)21-11(17(28)29)4-5-12(19)24/h8-11,14,23H,4-7,18H2,1-3H3,(H2,19,24)(H,20,26)(H,21,27)(H,22,25)(H,28,29). The number of rotatable bonds is 13. The maximum atomic E-state index is 12.3. The molecule has 0 saturated heterocycles. The number of carbonyl (C=O) groups excluding carboxylic acids is 4. The van der Waals surface area contributed by atoms with Gasteiger partial charge < -0.3 is 37.6 Å². The minimum Gasteiger partial charge on any atom is -0.480 e. The fourth-order valence-electron chi connectivity index (χ4n) is 2.35. The molecule has 12 nitrogen and oxygen atoms in total. The molecule has 0 bridgehead atoms. The summed E-state index contributed by atoms with van der Waals surface area (Å²) in [5.74, 6) is -4.24. The van der Waals surface area contributed by atoms with Gasteiger partial charge in [-0.2, -0.15) is 0 Å². The van der Waals surface area contributed by atoms with E-state index in [0.29, 0.717) is 6.42 Å². The number of carbonyl (C=O) groups is 5. The summed E-state index contributed by atoms with van der Waals surface area (Å²) in [4.78, 5) is 58.1. The third-order valence-electron chi connectivity index (χ3n) is 3.86. The van der Waals surface area contributed by atoms with Crippen LogP contribution in [0.4, 0.5) is 0 Å². The summed E-state index contributed by atoms with van der Waals surface area (Å²) in [6.07, 6.45) is -1.45. The number of nitrogens with two attached hydrogens (primary N) is 2. The molecular weight excluding hydrogens is 386 g/mol. The molecule has 0 spiro atoms. The van der Waals surface area contributed by atoms with Crippen LogP contribution < -0.4 is 27.4 Å². The molecule has 0 saturated carbocycles. The maximum Gasteiger partial charge on any atom is 0.326 e. The monoisotopic (exact) mass is 417 g/mol. The third kappa shape index (κ3) is 11.0. The SMILES string of the molecule is CC(C)CC(N)C(=O)NCC(=O)NC(C(=O)NC(CCC(N)=O)C(=O)O)C(C)O. The van der Waals surface area contributed by atoms with Gasteiger partial charge in [-0.15, -0.1) is 0 Å². The summed E-state index contributed by atoms with van der Waals surface area (Å²) >= 11 is 0. The molecule has 4 unspecified atom stereocenters. The summed E-state index contributed by atoms with van der Waals surface area (Å²) in [6.45, 7) is 4.52. The quantitative estimate of drug-likeness (QED) is 0.165. The van der Waals surface area contributed by atoms with Gasteiger partial charge in [0.25, 0.3) is 0 Å². The highest BCUT2D eigenvalue weighted by molar-refractivity contribution is 5.93. The van der Waals surface area contributed by atoms with E-state index in [1.165, 1.54) is 6.92 Å². The summed E-state index contributed by atoms with van der Waals surface area (Å²) in [6, 6.07) is -3.69. The van der Waals surface area contributed by atoms with Gasteiger partial charge in [-0.3, -0.25) is 19.2 Å². The molecule has 0 aliphatic carbocycles. The molecule has 0 rings (SSSR count). The van der Waals surface area contributed by atoms with E-state index in [1.54, 1.807) is 0 Å². The number of aliphatic carboxylic acids is 1. The fourth-order valence-corrected chi connectivity index (χ4v) is 2.35. The highest BCUT2D eigenvalue weighted by Crippen LogP contribution is 2.03. The second-order valence-corrected chi connectivity index (χ2v) is 7.14. The smallest absolute Gasteiger partial charge is 0.326 e. The van der Waals surface area contributed by atoms with Crippen molar-refractivity contribution >= 4 is 29.6 Å². The Morgan fingerprint density at radius 1 is 1.00 bits per heavy atom. The van der Waals surface area contributed by atoms with Crippen molar-refractivity contribution in [1.29, 1.82) is 0 Å². The molecule has 0 aliphatic rings. The highest BCUT2D eigenvalue weighted by Gasteiger charge is 2.30. The molecule has 4 atom stereocenters. The number of hydrogen-bond acceptors (Lipinski definition) is 7. The van der Waals surface area contributed by atoms with Crippen LogP contribution in [-0.4, -0.2) is 70.6 Å². The van der Waals surface area contributed by atoms with E-state index in [-0.39, 0.29) is 18.8 Å². The van der Waals surface area contributed by atoms with Gasteiger partial charge in [0, 0.05) is 6.42 Å². The van der Waals surface area contributed by atoms with Gasteiger partial charge in [0.05, 0.1) is 18.7 Å². The van der Waals surface area contributed by atoms with Crippen molar-refractivity contribution in [1.82, 2.24) is 16.0 Å². The number of nitrogens with one attached hydrogen (secondary N) is 3. The molecule has 166 valence electrons. The number of aliphatic hydroxyl groups excluding tert-OH is 1. The lowest BCUT2D eigenvalue weighted by Gasteiger charge is -2.23. The fraction of sp³-hybridized carbons (Fsp3) is 0.706. The Morgan fingerprint density at radius 2 is 1.59 bits per heavy atom. The van der Waals surface area contributed by atoms with Gasteiger partial charge in [0.2, 0.25) is 23.6 Å². The van der Waals surface area contributed by atoms with E-state index in [0.717, 1.165) is 0 Å². The van der Waals surface area contributed by atoms with Crippen LogP contribution in [0.3, 0.4) is 0 Å². The molecule has 4 amide bonds. The van der Waals surface area contributed by atoms with Gasteiger partial charge in [0.15, 0.2) is 0 Å². The largest absolute Gasteiger partial charge is 0.480 e. The Labute approximate surface area is 168 Å². The summed E-state index contributed by atoms with van der Waals surface area (Å²) in [7, 11) is 0. The van der Waals surface area contributed by atoms with Crippen LogP contribution in [0.1, 0.15) is 40.0 Å². The van der Waals surface area contributed by atoms with Crippen molar-refractivity contribution < 1.29 is 34.2 Å². The van der Waals surface area contributed by atoms with Crippen molar-refractivity contribution in [3.63, 3.8) is 0 Å². The first-order chi connectivity index (χ1) is 13.3. The van der Waals surface area contributed by atoms with Crippen LogP contribution in [0.25, 0.3) is 0 Å². The Kier molecular flexibility index (Phi) is 11.5. The van der Waals surface area contributed by atoms with Gasteiger partial charge in [0.1, 0.15) is 12.1 Å². The maximum absolute atomic E-state index is 12.3. The van der Waals surface area contributed by atoms with Crippen molar-refractivity contribution in [3.05, 3.63) is 0 Å². The lowest BCUT2D eigenvalue weighted by atomic mass is 10.0. The van der Waals surface area contributed by atoms with Crippen LogP contribution >= 0.6 is 0 Å². The molecule has 0 fully saturated rings. The molecular formula is C17H31N5O7. The van der Waals surface area contributed by atoms with Gasteiger partial charge in [-0.25, -0.2) is 4.79 Å². The minimum atomic E-state index is -1.47.